The van der Waals surface area contributed by atoms with E-state index in [-0.39, 0.29) is 24.6 Å². The van der Waals surface area contributed by atoms with Crippen molar-refractivity contribution in [2.75, 3.05) is 12.3 Å². The molecule has 4 N–H and O–H groups in total. The predicted octanol–water partition coefficient (Wildman–Crippen LogP) is 4.31. The Balaban J connectivity index is 0.00000338. The molecule has 1 aliphatic rings. The zero-order valence-electron chi connectivity index (χ0n) is 16.3. The summed E-state index contributed by atoms with van der Waals surface area (Å²) in [5.41, 5.74) is 6.62. The van der Waals surface area contributed by atoms with Gasteiger partial charge in [0.25, 0.3) is 0 Å². The smallest absolute Gasteiger partial charge is 0.407 e. The van der Waals surface area contributed by atoms with E-state index in [4.69, 9.17) is 10.5 Å². The first-order chi connectivity index (χ1) is 12.0. The highest BCUT2D eigenvalue weighted by Gasteiger charge is 2.33. The molecule has 6 nitrogen and oxygen atoms in total. The highest BCUT2D eigenvalue weighted by Crippen LogP contribution is 2.35. The van der Waals surface area contributed by atoms with Crippen molar-refractivity contribution >= 4 is 24.4 Å². The molecule has 0 aliphatic heterocycles. The topological polar surface area (TPSA) is 93.0 Å². The number of nitrogens with zero attached hydrogens (tertiary/aromatic N) is 1. The van der Waals surface area contributed by atoms with Crippen LogP contribution in [-0.2, 0) is 11.2 Å². The summed E-state index contributed by atoms with van der Waals surface area (Å²) in [7, 11) is 0. The third-order valence-corrected chi connectivity index (χ3v) is 5.26. The number of H-pyrrole nitrogens is 1. The summed E-state index contributed by atoms with van der Waals surface area (Å²) in [6.45, 7) is 7.36. The highest BCUT2D eigenvalue weighted by molar-refractivity contribution is 5.85. The Kier molecular flexibility index (Phi) is 9.84. The number of aryl methyl sites for hydroxylation is 1. The van der Waals surface area contributed by atoms with Crippen LogP contribution in [0.4, 0.5) is 10.7 Å². The minimum atomic E-state index is -0.258. The molecule has 7 heteroatoms. The van der Waals surface area contributed by atoms with E-state index in [2.05, 4.69) is 36.1 Å². The molecular formula is C19H35ClN4O2. The molecule has 150 valence electrons. The van der Waals surface area contributed by atoms with Crippen LogP contribution in [0.15, 0.2) is 6.20 Å². The standard InChI is InChI=1S/C19H34N4O2.ClH/c1-13(2)16-9-8-14(3)11-17(16)25-19(24)21-10-6-4-5-7-15-12-22-18(20)23-15;/h12-14,16-17H,4-11H2,1-3H3,(H,21,24)(H3,20,22,23);1H/t14-,16+,17-;/m1./s1. The third kappa shape index (κ3) is 7.44. The highest BCUT2D eigenvalue weighted by atomic mass is 35.5. The number of nitrogens with one attached hydrogen (secondary N) is 2. The molecule has 0 saturated heterocycles. The van der Waals surface area contributed by atoms with Crippen molar-refractivity contribution < 1.29 is 9.53 Å². The van der Waals surface area contributed by atoms with E-state index in [9.17, 15) is 4.79 Å². The fourth-order valence-corrected chi connectivity index (χ4v) is 3.74. The normalized spacial score (nSPS) is 22.7. The molecule has 1 aromatic rings. The number of amides is 1. The minimum absolute atomic E-state index is 0. The number of hydrogen-bond acceptors (Lipinski definition) is 4. The SMILES string of the molecule is CC(C)[C@@H]1CC[C@@H](C)C[C@H]1OC(=O)NCCCCCc1cnc(N)[nH]1.Cl. The van der Waals surface area contributed by atoms with Crippen LogP contribution >= 0.6 is 12.4 Å². The first-order valence-electron chi connectivity index (χ1n) is 9.69. The monoisotopic (exact) mass is 386 g/mol. The molecule has 1 saturated carbocycles. The largest absolute Gasteiger partial charge is 0.446 e. The van der Waals surface area contributed by atoms with Crippen molar-refractivity contribution in [2.45, 2.75) is 71.8 Å². The number of aromatic amines is 1. The summed E-state index contributed by atoms with van der Waals surface area (Å²) >= 11 is 0. The number of alkyl carbamates (subject to hydrolysis) is 1. The summed E-state index contributed by atoms with van der Waals surface area (Å²) < 4.78 is 5.74. The minimum Gasteiger partial charge on any atom is -0.446 e. The number of carbonyl (C=O) groups excluding carboxylic acids is 1. The van der Waals surface area contributed by atoms with E-state index in [1.165, 1.54) is 6.42 Å². The van der Waals surface area contributed by atoms with Gasteiger partial charge in [-0.05, 0) is 49.9 Å². The molecule has 26 heavy (non-hydrogen) atoms. The lowest BCUT2D eigenvalue weighted by molar-refractivity contribution is 0.00622. The van der Waals surface area contributed by atoms with E-state index in [1.54, 1.807) is 6.20 Å². The van der Waals surface area contributed by atoms with Crippen molar-refractivity contribution in [3.63, 3.8) is 0 Å². The van der Waals surface area contributed by atoms with Gasteiger partial charge < -0.3 is 20.8 Å². The Bertz CT molecular complexity index is 535. The Morgan fingerprint density at radius 3 is 2.81 bits per heavy atom. The van der Waals surface area contributed by atoms with Crippen molar-refractivity contribution in [2.24, 2.45) is 17.8 Å². The van der Waals surface area contributed by atoms with Gasteiger partial charge in [0.05, 0.1) is 6.20 Å². The van der Waals surface area contributed by atoms with Gasteiger partial charge in [0.2, 0.25) is 0 Å². The van der Waals surface area contributed by atoms with Crippen molar-refractivity contribution in [3.8, 4) is 0 Å². The molecule has 0 bridgehead atoms. The summed E-state index contributed by atoms with van der Waals surface area (Å²) in [5.74, 6) is 2.16. The van der Waals surface area contributed by atoms with Crippen LogP contribution in [0.5, 0.6) is 0 Å². The second kappa shape index (κ2) is 11.3. The second-order valence-electron chi connectivity index (χ2n) is 7.80. The van der Waals surface area contributed by atoms with Crippen molar-refractivity contribution in [3.05, 3.63) is 11.9 Å². The van der Waals surface area contributed by atoms with Crippen LogP contribution in [0.3, 0.4) is 0 Å². The van der Waals surface area contributed by atoms with E-state index in [0.717, 1.165) is 44.2 Å². The number of aromatic nitrogens is 2. The van der Waals surface area contributed by atoms with Gasteiger partial charge in [-0.3, -0.25) is 0 Å². The second-order valence-corrected chi connectivity index (χ2v) is 7.80. The number of rotatable bonds is 8. The van der Waals surface area contributed by atoms with Gasteiger partial charge in [-0.15, -0.1) is 12.4 Å². The van der Waals surface area contributed by atoms with Gasteiger partial charge in [-0.25, -0.2) is 9.78 Å². The summed E-state index contributed by atoms with van der Waals surface area (Å²) in [6.07, 6.45) is 8.97. The van der Waals surface area contributed by atoms with Crippen molar-refractivity contribution in [1.82, 2.24) is 15.3 Å². The Morgan fingerprint density at radius 1 is 1.38 bits per heavy atom. The lowest BCUT2D eigenvalue weighted by atomic mass is 9.75. The summed E-state index contributed by atoms with van der Waals surface area (Å²) in [4.78, 5) is 19.1. The number of hydrogen-bond donors (Lipinski definition) is 3. The van der Waals surface area contributed by atoms with Crippen LogP contribution in [0.25, 0.3) is 0 Å². The van der Waals surface area contributed by atoms with Crippen molar-refractivity contribution in [1.29, 1.82) is 0 Å². The molecule has 2 rings (SSSR count). The molecule has 0 spiro atoms. The molecule has 0 radical (unpaired) electrons. The van der Waals surface area contributed by atoms with E-state index in [0.29, 0.717) is 30.2 Å². The number of halogens is 1. The van der Waals surface area contributed by atoms with E-state index in [1.807, 2.05) is 0 Å². The number of nitrogen functional groups attached to an aromatic ring is 1. The Labute approximate surface area is 163 Å². The fraction of sp³-hybridized carbons (Fsp3) is 0.789. The fourth-order valence-electron chi connectivity index (χ4n) is 3.74. The van der Waals surface area contributed by atoms with Crippen LogP contribution < -0.4 is 11.1 Å². The zero-order valence-corrected chi connectivity index (χ0v) is 17.1. The van der Waals surface area contributed by atoms with Crippen LogP contribution in [0, 0.1) is 17.8 Å². The molecule has 0 aromatic carbocycles. The van der Waals surface area contributed by atoms with E-state index < -0.39 is 0 Å². The van der Waals surface area contributed by atoms with E-state index >= 15 is 0 Å². The van der Waals surface area contributed by atoms with Gasteiger partial charge in [-0.1, -0.05) is 33.6 Å². The maximum absolute atomic E-state index is 12.1. The maximum Gasteiger partial charge on any atom is 0.407 e. The van der Waals surface area contributed by atoms with Gasteiger partial charge >= 0.3 is 6.09 Å². The number of unbranched alkanes of at least 4 members (excludes halogenated alkanes) is 2. The average Bonchev–Trinajstić information content (AvgIpc) is 2.96. The first-order valence-corrected chi connectivity index (χ1v) is 9.69. The molecule has 1 aliphatic carbocycles. The third-order valence-electron chi connectivity index (χ3n) is 5.26. The summed E-state index contributed by atoms with van der Waals surface area (Å²) in [6, 6.07) is 0. The first kappa shape index (κ1) is 22.6. The number of carbonyl (C=O) groups is 1. The quantitative estimate of drug-likeness (QED) is 0.580. The van der Waals surface area contributed by atoms with Gasteiger partial charge in [0.15, 0.2) is 5.95 Å². The molecule has 1 amide bonds. The predicted molar refractivity (Wildman–Crippen MR) is 107 cm³/mol. The van der Waals surface area contributed by atoms with Crippen LogP contribution in [0.2, 0.25) is 0 Å². The number of ether oxygens (including phenoxy) is 1. The molecular weight excluding hydrogens is 352 g/mol. The zero-order chi connectivity index (χ0) is 18.2. The molecule has 1 fully saturated rings. The van der Waals surface area contributed by atoms with Gasteiger partial charge in [-0.2, -0.15) is 0 Å². The lowest BCUT2D eigenvalue weighted by Crippen LogP contribution is -2.39. The summed E-state index contributed by atoms with van der Waals surface area (Å²) in [5, 5.41) is 2.91. The molecule has 3 atom stereocenters. The molecule has 1 heterocycles. The molecule has 1 aromatic heterocycles. The lowest BCUT2D eigenvalue weighted by Gasteiger charge is -2.36. The Hall–Kier alpha value is -1.43. The number of nitrogens with two attached hydrogens (primary N) is 1. The van der Waals surface area contributed by atoms with Gasteiger partial charge in [0.1, 0.15) is 6.10 Å². The molecule has 0 unspecified atom stereocenters. The number of imidazole rings is 1. The average molecular weight is 387 g/mol. The van der Waals surface area contributed by atoms with Crippen LogP contribution in [0.1, 0.15) is 65.0 Å². The Morgan fingerprint density at radius 2 is 2.15 bits per heavy atom. The number of anilines is 1. The van der Waals surface area contributed by atoms with Gasteiger partial charge in [0, 0.05) is 12.2 Å². The maximum atomic E-state index is 12.1. The van der Waals surface area contributed by atoms with Crippen LogP contribution in [-0.4, -0.2) is 28.7 Å².